The number of phenols is 2. The molecule has 1 aromatic heterocycles. The van der Waals surface area contributed by atoms with E-state index in [1.54, 1.807) is 24.3 Å². The molecule has 1 aliphatic rings. The van der Waals surface area contributed by atoms with Crippen LogP contribution in [-0.4, -0.2) is 32.7 Å². The highest BCUT2D eigenvalue weighted by Crippen LogP contribution is 2.37. The SMILES string of the molecule is O=C(NCc1ccc2c(c1)OCO2)c1cc(-c2ccnn2-c2cc(F)ccc2Cl)c(O)cc1O. The Bertz CT molecular complexity index is 1420. The minimum Gasteiger partial charge on any atom is -0.507 e. The lowest BCUT2D eigenvalue weighted by atomic mass is 10.0. The maximum absolute atomic E-state index is 13.8. The highest BCUT2D eigenvalue weighted by molar-refractivity contribution is 6.32. The Balaban J connectivity index is 1.44. The number of benzene rings is 3. The Kier molecular flexibility index (Phi) is 5.46. The fourth-order valence-electron chi connectivity index (χ4n) is 3.64. The van der Waals surface area contributed by atoms with Gasteiger partial charge in [-0.15, -0.1) is 0 Å². The van der Waals surface area contributed by atoms with Crippen molar-refractivity contribution >= 4 is 17.5 Å². The average Bonchev–Trinajstić information content (AvgIpc) is 3.48. The largest absolute Gasteiger partial charge is 0.507 e. The topological polar surface area (TPSA) is 106 Å². The molecule has 10 heteroatoms. The van der Waals surface area contributed by atoms with Crippen LogP contribution in [0.25, 0.3) is 16.9 Å². The van der Waals surface area contributed by atoms with E-state index in [4.69, 9.17) is 21.1 Å². The average molecular weight is 482 g/mol. The number of nitrogens with one attached hydrogen (secondary N) is 1. The molecule has 0 spiro atoms. The van der Waals surface area contributed by atoms with Crippen molar-refractivity contribution in [2.75, 3.05) is 6.79 Å². The zero-order valence-corrected chi connectivity index (χ0v) is 18.2. The van der Waals surface area contributed by atoms with E-state index in [1.807, 2.05) is 0 Å². The minimum absolute atomic E-state index is 0.0633. The van der Waals surface area contributed by atoms with Crippen LogP contribution in [0.4, 0.5) is 4.39 Å². The number of fused-ring (bicyclic) bond motifs is 1. The number of phenolic OH excluding ortho intramolecular Hbond substituents is 2. The second-order valence-corrected chi connectivity index (χ2v) is 7.89. The number of aromatic nitrogens is 2. The van der Waals surface area contributed by atoms with E-state index in [0.717, 1.165) is 11.6 Å². The molecular formula is C24H17ClFN3O5. The zero-order chi connectivity index (χ0) is 23.8. The fourth-order valence-corrected chi connectivity index (χ4v) is 3.84. The second-order valence-electron chi connectivity index (χ2n) is 7.48. The predicted molar refractivity (Wildman–Crippen MR) is 121 cm³/mol. The van der Waals surface area contributed by atoms with Crippen molar-refractivity contribution in [1.82, 2.24) is 15.1 Å². The molecule has 8 nitrogen and oxygen atoms in total. The predicted octanol–water partition coefficient (Wildman–Crippen LogP) is 4.40. The summed E-state index contributed by atoms with van der Waals surface area (Å²) in [6.07, 6.45) is 1.45. The quantitative estimate of drug-likeness (QED) is 0.390. The van der Waals surface area contributed by atoms with Crippen molar-refractivity contribution in [3.05, 3.63) is 82.8 Å². The summed E-state index contributed by atoms with van der Waals surface area (Å²) in [7, 11) is 0. The molecule has 172 valence electrons. The third-order valence-corrected chi connectivity index (χ3v) is 5.62. The maximum Gasteiger partial charge on any atom is 0.255 e. The number of rotatable bonds is 5. The number of carbonyl (C=O) groups excluding carboxylic acids is 1. The molecule has 0 fully saturated rings. The smallest absolute Gasteiger partial charge is 0.255 e. The van der Waals surface area contributed by atoms with Crippen molar-refractivity contribution in [2.24, 2.45) is 0 Å². The normalized spacial score (nSPS) is 12.1. The summed E-state index contributed by atoms with van der Waals surface area (Å²) in [5.74, 6) is -0.555. The lowest BCUT2D eigenvalue weighted by Crippen LogP contribution is -2.23. The lowest BCUT2D eigenvalue weighted by molar-refractivity contribution is 0.0948. The molecule has 34 heavy (non-hydrogen) atoms. The molecule has 0 bridgehead atoms. The van der Waals surface area contributed by atoms with Crippen LogP contribution < -0.4 is 14.8 Å². The van der Waals surface area contributed by atoms with Crippen LogP contribution in [0.15, 0.2) is 60.8 Å². The van der Waals surface area contributed by atoms with Crippen molar-refractivity contribution in [3.8, 4) is 39.9 Å². The summed E-state index contributed by atoms with van der Waals surface area (Å²) in [6, 6.07) is 13.1. The van der Waals surface area contributed by atoms with Gasteiger partial charge in [-0.1, -0.05) is 17.7 Å². The highest BCUT2D eigenvalue weighted by Gasteiger charge is 2.20. The Morgan fingerprint density at radius 3 is 2.74 bits per heavy atom. The molecule has 0 atom stereocenters. The van der Waals surface area contributed by atoms with Crippen LogP contribution in [0.1, 0.15) is 15.9 Å². The van der Waals surface area contributed by atoms with Crippen LogP contribution in [0.3, 0.4) is 0 Å². The van der Waals surface area contributed by atoms with E-state index < -0.39 is 17.5 Å². The summed E-state index contributed by atoms with van der Waals surface area (Å²) < 4.78 is 25.8. The van der Waals surface area contributed by atoms with Gasteiger partial charge in [0, 0.05) is 24.2 Å². The number of halogens is 2. The second kappa shape index (κ2) is 8.60. The van der Waals surface area contributed by atoms with Gasteiger partial charge in [-0.05, 0) is 42.0 Å². The van der Waals surface area contributed by atoms with Gasteiger partial charge in [0.1, 0.15) is 17.3 Å². The first kappa shape index (κ1) is 21.6. The van der Waals surface area contributed by atoms with Gasteiger partial charge in [0.25, 0.3) is 5.91 Å². The molecule has 1 amide bonds. The molecule has 4 aromatic rings. The van der Waals surface area contributed by atoms with Gasteiger partial charge in [0.15, 0.2) is 11.5 Å². The molecule has 0 unspecified atom stereocenters. The van der Waals surface area contributed by atoms with E-state index in [-0.39, 0.29) is 40.9 Å². The van der Waals surface area contributed by atoms with Gasteiger partial charge < -0.3 is 25.0 Å². The first-order valence-corrected chi connectivity index (χ1v) is 10.5. The number of nitrogens with zero attached hydrogens (tertiary/aromatic N) is 2. The number of carbonyl (C=O) groups is 1. The Morgan fingerprint density at radius 2 is 1.88 bits per heavy atom. The molecule has 3 aromatic carbocycles. The monoisotopic (exact) mass is 481 g/mol. The number of ether oxygens (including phenoxy) is 2. The van der Waals surface area contributed by atoms with Crippen LogP contribution >= 0.6 is 11.6 Å². The van der Waals surface area contributed by atoms with Crippen molar-refractivity contribution in [3.63, 3.8) is 0 Å². The van der Waals surface area contributed by atoms with Gasteiger partial charge >= 0.3 is 0 Å². The molecule has 0 radical (unpaired) electrons. The maximum atomic E-state index is 13.8. The molecular weight excluding hydrogens is 465 g/mol. The summed E-state index contributed by atoms with van der Waals surface area (Å²) in [5.41, 5.74) is 1.50. The number of hydrogen-bond donors (Lipinski definition) is 3. The highest BCUT2D eigenvalue weighted by atomic mass is 35.5. The molecule has 0 saturated carbocycles. The summed E-state index contributed by atoms with van der Waals surface area (Å²) in [4.78, 5) is 12.9. The standard InChI is InChI=1S/C24H17ClFN3O5/c25-17-3-2-14(26)8-19(17)29-18(5-6-28-29)15-9-16(21(31)10-20(15)30)24(32)27-11-13-1-4-22-23(7-13)34-12-33-22/h1-10,30-31H,11-12H2,(H,27,32). The number of aromatic hydroxyl groups is 2. The van der Waals surface area contributed by atoms with Gasteiger partial charge in [0.05, 0.1) is 28.2 Å². The molecule has 1 aliphatic heterocycles. The molecule has 0 aliphatic carbocycles. The van der Waals surface area contributed by atoms with Crippen molar-refractivity contribution in [1.29, 1.82) is 0 Å². The number of amides is 1. The summed E-state index contributed by atoms with van der Waals surface area (Å²) in [6.45, 7) is 0.314. The Hall–Kier alpha value is -4.24. The molecule has 2 heterocycles. The summed E-state index contributed by atoms with van der Waals surface area (Å²) in [5, 5.41) is 28.0. The van der Waals surface area contributed by atoms with Gasteiger partial charge in [-0.2, -0.15) is 5.10 Å². The Morgan fingerprint density at radius 1 is 1.06 bits per heavy atom. The molecule has 3 N–H and O–H groups in total. The number of hydrogen-bond acceptors (Lipinski definition) is 6. The van der Waals surface area contributed by atoms with E-state index in [1.165, 1.54) is 35.1 Å². The molecule has 5 rings (SSSR count). The van der Waals surface area contributed by atoms with Crippen LogP contribution in [0, 0.1) is 5.82 Å². The van der Waals surface area contributed by atoms with Gasteiger partial charge in [0.2, 0.25) is 6.79 Å². The van der Waals surface area contributed by atoms with Gasteiger partial charge in [-0.25, -0.2) is 9.07 Å². The van der Waals surface area contributed by atoms with E-state index in [0.29, 0.717) is 17.2 Å². The van der Waals surface area contributed by atoms with E-state index in [2.05, 4.69) is 10.4 Å². The van der Waals surface area contributed by atoms with Crippen molar-refractivity contribution in [2.45, 2.75) is 6.54 Å². The van der Waals surface area contributed by atoms with Crippen molar-refractivity contribution < 1.29 is 28.9 Å². The van der Waals surface area contributed by atoms with E-state index >= 15 is 0 Å². The Labute approximate surface area is 197 Å². The first-order valence-electron chi connectivity index (χ1n) is 10.1. The van der Waals surface area contributed by atoms with E-state index in [9.17, 15) is 19.4 Å². The molecule has 0 saturated heterocycles. The summed E-state index contributed by atoms with van der Waals surface area (Å²) >= 11 is 6.22. The first-order chi connectivity index (χ1) is 16.4. The zero-order valence-electron chi connectivity index (χ0n) is 17.5. The third-order valence-electron chi connectivity index (χ3n) is 5.30. The third kappa shape index (κ3) is 3.97. The van der Waals surface area contributed by atoms with Crippen LogP contribution in [0.2, 0.25) is 5.02 Å². The van der Waals surface area contributed by atoms with Crippen LogP contribution in [0.5, 0.6) is 23.0 Å². The lowest BCUT2D eigenvalue weighted by Gasteiger charge is -2.13. The van der Waals surface area contributed by atoms with Gasteiger partial charge in [-0.3, -0.25) is 4.79 Å². The fraction of sp³-hybridized carbons (Fsp3) is 0.0833. The van der Waals surface area contributed by atoms with Crippen LogP contribution in [-0.2, 0) is 6.54 Å². The minimum atomic E-state index is -0.564.